The second-order valence-electron chi connectivity index (χ2n) is 3.87. The normalized spacial score (nSPS) is 10.9. The molecule has 0 saturated carbocycles. The van der Waals surface area contributed by atoms with Gasteiger partial charge in [-0.1, -0.05) is 6.07 Å². The lowest BCUT2D eigenvalue weighted by molar-refractivity contribution is -0.274. The van der Waals surface area contributed by atoms with Crippen LogP contribution in [0.15, 0.2) is 24.3 Å². The van der Waals surface area contributed by atoms with Crippen LogP contribution in [0.5, 0.6) is 5.75 Å². The number of anilines is 1. The summed E-state index contributed by atoms with van der Waals surface area (Å²) in [4.78, 5) is 21.7. The van der Waals surface area contributed by atoms with Gasteiger partial charge in [0.1, 0.15) is 5.75 Å². The van der Waals surface area contributed by atoms with Gasteiger partial charge >= 0.3 is 12.3 Å². The van der Waals surface area contributed by atoms with Gasteiger partial charge < -0.3 is 15.2 Å². The van der Waals surface area contributed by atoms with Gasteiger partial charge in [-0.2, -0.15) is 0 Å². The third kappa shape index (κ3) is 6.62. The molecule has 5 nitrogen and oxygen atoms in total. The molecule has 0 aliphatic heterocycles. The van der Waals surface area contributed by atoms with Crippen molar-refractivity contribution in [2.24, 2.45) is 0 Å². The Kier molecular flexibility index (Phi) is 5.36. The molecule has 0 radical (unpaired) electrons. The molecule has 8 heteroatoms. The molecule has 0 heterocycles. The van der Waals surface area contributed by atoms with Crippen LogP contribution in [0.4, 0.5) is 18.9 Å². The van der Waals surface area contributed by atoms with E-state index in [2.05, 4.69) is 10.1 Å². The van der Waals surface area contributed by atoms with Crippen molar-refractivity contribution in [3.8, 4) is 5.75 Å². The van der Waals surface area contributed by atoms with Crippen molar-refractivity contribution in [2.75, 3.05) is 5.32 Å². The first-order valence-corrected chi connectivity index (χ1v) is 5.64. The maximum atomic E-state index is 12.0. The molecule has 110 valence electrons. The van der Waals surface area contributed by atoms with Gasteiger partial charge in [-0.3, -0.25) is 9.59 Å². The summed E-state index contributed by atoms with van der Waals surface area (Å²) < 4.78 is 39.7. The fraction of sp³-hybridized carbons (Fsp3) is 0.333. The number of hydrogen-bond acceptors (Lipinski definition) is 3. The molecule has 0 aliphatic rings. The van der Waals surface area contributed by atoms with Gasteiger partial charge in [0.2, 0.25) is 5.91 Å². The van der Waals surface area contributed by atoms with E-state index in [1.807, 2.05) is 0 Å². The molecule has 2 N–H and O–H groups in total. The first-order valence-electron chi connectivity index (χ1n) is 5.64. The molecule has 0 saturated heterocycles. The molecule has 1 aromatic carbocycles. The third-order valence-electron chi connectivity index (χ3n) is 2.15. The summed E-state index contributed by atoms with van der Waals surface area (Å²) in [5, 5.41) is 10.8. The van der Waals surface area contributed by atoms with Crippen LogP contribution in [0, 0.1) is 0 Å². The molecule has 0 aliphatic carbocycles. The van der Waals surface area contributed by atoms with Crippen LogP contribution < -0.4 is 10.1 Å². The van der Waals surface area contributed by atoms with E-state index in [0.29, 0.717) is 0 Å². The van der Waals surface area contributed by atoms with Gasteiger partial charge in [-0.25, -0.2) is 0 Å². The standard InChI is InChI=1S/C12H12F3NO4/c13-12(14,15)20-9-4-1-3-8(7-9)16-10(17)5-2-6-11(18)19/h1,3-4,7H,2,5-6H2,(H,16,17)(H,18,19). The van der Waals surface area contributed by atoms with Crippen LogP contribution in [0.2, 0.25) is 0 Å². The molecular weight excluding hydrogens is 279 g/mol. The number of amides is 1. The van der Waals surface area contributed by atoms with E-state index in [1.54, 1.807) is 0 Å². The number of carbonyl (C=O) groups excluding carboxylic acids is 1. The summed E-state index contributed by atoms with van der Waals surface area (Å²) in [6.45, 7) is 0. The van der Waals surface area contributed by atoms with E-state index in [1.165, 1.54) is 12.1 Å². The monoisotopic (exact) mass is 291 g/mol. The van der Waals surface area contributed by atoms with Crippen molar-refractivity contribution in [1.29, 1.82) is 0 Å². The van der Waals surface area contributed by atoms with E-state index in [-0.39, 0.29) is 24.9 Å². The Morgan fingerprint density at radius 1 is 1.25 bits per heavy atom. The number of nitrogens with one attached hydrogen (secondary N) is 1. The number of carboxylic acid groups (broad SMARTS) is 1. The van der Waals surface area contributed by atoms with Crippen molar-refractivity contribution in [1.82, 2.24) is 0 Å². The second kappa shape index (κ2) is 6.78. The largest absolute Gasteiger partial charge is 0.573 e. The molecule has 20 heavy (non-hydrogen) atoms. The SMILES string of the molecule is O=C(O)CCCC(=O)Nc1cccc(OC(F)(F)F)c1. The first-order chi connectivity index (χ1) is 9.26. The lowest BCUT2D eigenvalue weighted by Gasteiger charge is -2.10. The average molecular weight is 291 g/mol. The van der Waals surface area contributed by atoms with Crippen LogP contribution >= 0.6 is 0 Å². The zero-order valence-corrected chi connectivity index (χ0v) is 10.2. The number of carbonyl (C=O) groups is 2. The summed E-state index contributed by atoms with van der Waals surface area (Å²) in [6, 6.07) is 4.84. The van der Waals surface area contributed by atoms with E-state index < -0.39 is 24.0 Å². The number of halogens is 3. The van der Waals surface area contributed by atoms with Gasteiger partial charge in [0, 0.05) is 24.6 Å². The molecule has 0 fully saturated rings. The van der Waals surface area contributed by atoms with Crippen molar-refractivity contribution < 1.29 is 32.6 Å². The minimum atomic E-state index is -4.80. The smallest absolute Gasteiger partial charge is 0.481 e. The van der Waals surface area contributed by atoms with Crippen LogP contribution in [0.1, 0.15) is 19.3 Å². The van der Waals surface area contributed by atoms with E-state index in [0.717, 1.165) is 12.1 Å². The van der Waals surface area contributed by atoms with Gasteiger partial charge in [0.25, 0.3) is 0 Å². The molecule has 0 bridgehead atoms. The number of carboxylic acids is 1. The number of hydrogen-bond donors (Lipinski definition) is 2. The van der Waals surface area contributed by atoms with Gasteiger partial charge in [0.15, 0.2) is 0 Å². The molecule has 0 atom stereocenters. The third-order valence-corrected chi connectivity index (χ3v) is 2.15. The number of rotatable bonds is 6. The van der Waals surface area contributed by atoms with Crippen molar-refractivity contribution >= 4 is 17.6 Å². The van der Waals surface area contributed by atoms with E-state index in [9.17, 15) is 22.8 Å². The number of ether oxygens (including phenoxy) is 1. The molecule has 0 unspecified atom stereocenters. The summed E-state index contributed by atoms with van der Waals surface area (Å²) >= 11 is 0. The molecule has 1 aromatic rings. The summed E-state index contributed by atoms with van der Waals surface area (Å²) in [7, 11) is 0. The summed E-state index contributed by atoms with van der Waals surface area (Å²) in [5.41, 5.74) is 0.145. The van der Waals surface area contributed by atoms with Gasteiger partial charge in [-0.05, 0) is 18.6 Å². The van der Waals surface area contributed by atoms with E-state index in [4.69, 9.17) is 5.11 Å². The Morgan fingerprint density at radius 2 is 1.95 bits per heavy atom. The Bertz CT molecular complexity index is 488. The number of aliphatic carboxylic acids is 1. The zero-order chi connectivity index (χ0) is 15.2. The first kappa shape index (κ1) is 15.8. The topological polar surface area (TPSA) is 75.6 Å². The van der Waals surface area contributed by atoms with Crippen LogP contribution in [0.3, 0.4) is 0 Å². The molecule has 1 rings (SSSR count). The summed E-state index contributed by atoms with van der Waals surface area (Å²) in [5.74, 6) is -1.94. The quantitative estimate of drug-likeness (QED) is 0.845. The van der Waals surface area contributed by atoms with Gasteiger partial charge in [0.05, 0.1) is 0 Å². The molecule has 1 amide bonds. The Balaban J connectivity index is 2.53. The maximum Gasteiger partial charge on any atom is 0.573 e. The maximum absolute atomic E-state index is 12.0. The van der Waals surface area contributed by atoms with Gasteiger partial charge in [-0.15, -0.1) is 13.2 Å². The molecule has 0 spiro atoms. The Morgan fingerprint density at radius 3 is 2.55 bits per heavy atom. The Hall–Kier alpha value is -2.25. The van der Waals surface area contributed by atoms with Crippen LogP contribution in [-0.4, -0.2) is 23.3 Å². The lowest BCUT2D eigenvalue weighted by atomic mass is 10.2. The predicted octanol–water partition coefficient (Wildman–Crippen LogP) is 2.78. The van der Waals surface area contributed by atoms with Crippen molar-refractivity contribution in [3.05, 3.63) is 24.3 Å². The van der Waals surface area contributed by atoms with Crippen LogP contribution in [-0.2, 0) is 9.59 Å². The summed E-state index contributed by atoms with van der Waals surface area (Å²) in [6.07, 6.45) is -4.83. The average Bonchev–Trinajstić information content (AvgIpc) is 2.26. The minimum absolute atomic E-state index is 0.0311. The highest BCUT2D eigenvalue weighted by molar-refractivity contribution is 5.91. The second-order valence-corrected chi connectivity index (χ2v) is 3.87. The lowest BCUT2D eigenvalue weighted by Crippen LogP contribution is -2.17. The number of alkyl halides is 3. The predicted molar refractivity (Wildman–Crippen MR) is 63.2 cm³/mol. The van der Waals surface area contributed by atoms with Crippen LogP contribution in [0.25, 0.3) is 0 Å². The highest BCUT2D eigenvalue weighted by atomic mass is 19.4. The highest BCUT2D eigenvalue weighted by Gasteiger charge is 2.31. The zero-order valence-electron chi connectivity index (χ0n) is 10.2. The highest BCUT2D eigenvalue weighted by Crippen LogP contribution is 2.25. The van der Waals surface area contributed by atoms with Crippen molar-refractivity contribution in [2.45, 2.75) is 25.6 Å². The fourth-order valence-corrected chi connectivity index (χ4v) is 1.39. The van der Waals surface area contributed by atoms with E-state index >= 15 is 0 Å². The molecular formula is C12H12F3NO4. The fourth-order valence-electron chi connectivity index (χ4n) is 1.39. The number of benzene rings is 1. The minimum Gasteiger partial charge on any atom is -0.481 e. The molecule has 0 aromatic heterocycles. The Labute approximate surface area is 112 Å². The van der Waals surface area contributed by atoms with Crippen molar-refractivity contribution in [3.63, 3.8) is 0 Å².